The van der Waals surface area contributed by atoms with Crippen molar-refractivity contribution in [3.8, 4) is 5.75 Å². The van der Waals surface area contributed by atoms with Gasteiger partial charge in [-0.25, -0.2) is 4.79 Å². The van der Waals surface area contributed by atoms with Gasteiger partial charge in [0.2, 0.25) is 0 Å². The number of esters is 1. The number of hydrogen-bond donors (Lipinski definition) is 1. The lowest BCUT2D eigenvalue weighted by atomic mass is 10.00. The molecule has 0 bridgehead atoms. The fourth-order valence-corrected chi connectivity index (χ4v) is 3.09. The van der Waals surface area contributed by atoms with Gasteiger partial charge in [-0.1, -0.05) is 42.5 Å². The summed E-state index contributed by atoms with van der Waals surface area (Å²) in [4.78, 5) is 12.1. The van der Waals surface area contributed by atoms with E-state index in [1.807, 2.05) is 42.5 Å². The van der Waals surface area contributed by atoms with Gasteiger partial charge in [0, 0.05) is 13.0 Å². The number of fused-ring (bicyclic) bond motifs is 1. The largest absolute Gasteiger partial charge is 0.487 e. The molecule has 2 aromatic carbocycles. The van der Waals surface area contributed by atoms with E-state index in [-0.39, 0.29) is 11.6 Å². The summed E-state index contributed by atoms with van der Waals surface area (Å²) in [5, 5.41) is 3.30. The van der Waals surface area contributed by atoms with Gasteiger partial charge in [-0.3, -0.25) is 5.32 Å². The number of methoxy groups -OCH3 is 1. The van der Waals surface area contributed by atoms with Gasteiger partial charge < -0.3 is 9.47 Å². The Bertz CT molecular complexity index is 725. The number of hydrogen-bond acceptors (Lipinski definition) is 4. The molecule has 2 aromatic rings. The van der Waals surface area contributed by atoms with Crippen LogP contribution in [0.15, 0.2) is 48.5 Å². The van der Waals surface area contributed by atoms with Crippen molar-refractivity contribution >= 4 is 5.97 Å². The van der Waals surface area contributed by atoms with Crippen LogP contribution in [0.2, 0.25) is 0 Å². The minimum Gasteiger partial charge on any atom is -0.487 e. The second-order valence-electron chi connectivity index (χ2n) is 6.73. The minimum atomic E-state index is -0.475. The molecule has 0 saturated heterocycles. The molecule has 3 rings (SSSR count). The third-order valence-corrected chi connectivity index (χ3v) is 4.21. The zero-order chi connectivity index (χ0) is 17.2. The molecular weight excluding hydrogens is 302 g/mol. The molecule has 1 N–H and O–H groups in total. The number of nitrogens with one attached hydrogen (secondary N) is 1. The standard InChI is InChI=1S/C20H23NO3/c1-20(2)12-16-11-14(9-10-17(16)24-20)13-21-18(19(22)23-3)15-7-5-4-6-8-15/h4-11,18,21H,12-13H2,1-3H3. The maximum Gasteiger partial charge on any atom is 0.327 e. The van der Waals surface area contributed by atoms with E-state index in [1.54, 1.807) is 0 Å². The topological polar surface area (TPSA) is 47.6 Å². The highest BCUT2D eigenvalue weighted by atomic mass is 16.5. The first-order chi connectivity index (χ1) is 11.5. The van der Waals surface area contributed by atoms with Crippen molar-refractivity contribution in [2.45, 2.75) is 38.5 Å². The highest BCUT2D eigenvalue weighted by molar-refractivity contribution is 5.77. The maximum atomic E-state index is 12.1. The molecule has 1 aliphatic rings. The number of rotatable bonds is 5. The number of carbonyl (C=O) groups is 1. The third-order valence-electron chi connectivity index (χ3n) is 4.21. The Labute approximate surface area is 142 Å². The first-order valence-electron chi connectivity index (χ1n) is 8.15. The molecule has 4 nitrogen and oxygen atoms in total. The van der Waals surface area contributed by atoms with Crippen LogP contribution in [-0.4, -0.2) is 18.7 Å². The molecule has 4 heteroatoms. The van der Waals surface area contributed by atoms with E-state index in [0.717, 1.165) is 23.3 Å². The highest BCUT2D eigenvalue weighted by Crippen LogP contribution is 2.35. The van der Waals surface area contributed by atoms with Crippen LogP contribution in [0, 0.1) is 0 Å². The SMILES string of the molecule is COC(=O)C(NCc1ccc2c(c1)CC(C)(C)O2)c1ccccc1. The molecule has 1 heterocycles. The summed E-state index contributed by atoms with van der Waals surface area (Å²) in [6.07, 6.45) is 0.898. The van der Waals surface area contributed by atoms with Crippen molar-refractivity contribution in [1.82, 2.24) is 5.32 Å². The quantitative estimate of drug-likeness (QED) is 0.856. The molecule has 0 aliphatic carbocycles. The summed E-state index contributed by atoms with van der Waals surface area (Å²) in [7, 11) is 1.41. The summed E-state index contributed by atoms with van der Waals surface area (Å²) in [5.74, 6) is 0.670. The molecule has 1 atom stereocenters. The molecule has 126 valence electrons. The van der Waals surface area contributed by atoms with E-state index < -0.39 is 6.04 Å². The summed E-state index contributed by atoms with van der Waals surface area (Å²) in [6, 6.07) is 15.3. The van der Waals surface area contributed by atoms with Gasteiger partial charge in [-0.15, -0.1) is 0 Å². The fraction of sp³-hybridized carbons (Fsp3) is 0.350. The first kappa shape index (κ1) is 16.5. The molecule has 0 fully saturated rings. The molecule has 0 saturated carbocycles. The summed E-state index contributed by atoms with van der Waals surface area (Å²) in [6.45, 7) is 4.77. The van der Waals surface area contributed by atoms with Crippen LogP contribution >= 0.6 is 0 Å². The molecule has 0 spiro atoms. The van der Waals surface area contributed by atoms with Crippen LogP contribution < -0.4 is 10.1 Å². The Morgan fingerprint density at radius 1 is 1.25 bits per heavy atom. The molecule has 24 heavy (non-hydrogen) atoms. The zero-order valence-electron chi connectivity index (χ0n) is 14.3. The Morgan fingerprint density at radius 3 is 2.71 bits per heavy atom. The van der Waals surface area contributed by atoms with Gasteiger partial charge in [-0.05, 0) is 36.6 Å². The molecule has 0 aromatic heterocycles. The predicted molar refractivity (Wildman–Crippen MR) is 92.9 cm³/mol. The van der Waals surface area contributed by atoms with Crippen LogP contribution in [0.3, 0.4) is 0 Å². The summed E-state index contributed by atoms with van der Waals surface area (Å²) in [5.41, 5.74) is 3.09. The van der Waals surface area contributed by atoms with E-state index in [2.05, 4.69) is 25.2 Å². The summed E-state index contributed by atoms with van der Waals surface area (Å²) >= 11 is 0. The van der Waals surface area contributed by atoms with Crippen molar-refractivity contribution in [1.29, 1.82) is 0 Å². The van der Waals surface area contributed by atoms with Crippen LogP contribution in [0.5, 0.6) is 5.75 Å². The molecule has 0 radical (unpaired) electrons. The van der Waals surface area contributed by atoms with Crippen molar-refractivity contribution in [3.05, 3.63) is 65.2 Å². The molecule has 1 aliphatic heterocycles. The minimum absolute atomic E-state index is 0.146. The normalized spacial score (nSPS) is 16.1. The highest BCUT2D eigenvalue weighted by Gasteiger charge is 2.30. The number of benzene rings is 2. The van der Waals surface area contributed by atoms with E-state index in [9.17, 15) is 4.79 Å². The smallest absolute Gasteiger partial charge is 0.327 e. The van der Waals surface area contributed by atoms with Gasteiger partial charge >= 0.3 is 5.97 Å². The lowest BCUT2D eigenvalue weighted by Gasteiger charge is -2.17. The summed E-state index contributed by atoms with van der Waals surface area (Å²) < 4.78 is 10.8. The van der Waals surface area contributed by atoms with Crippen LogP contribution in [0.1, 0.15) is 36.6 Å². The zero-order valence-corrected chi connectivity index (χ0v) is 14.3. The average Bonchev–Trinajstić information content (AvgIpc) is 2.88. The first-order valence-corrected chi connectivity index (χ1v) is 8.15. The molecule has 1 unspecified atom stereocenters. The monoisotopic (exact) mass is 325 g/mol. The second-order valence-corrected chi connectivity index (χ2v) is 6.73. The maximum absolute atomic E-state index is 12.1. The number of carbonyl (C=O) groups excluding carboxylic acids is 1. The van der Waals surface area contributed by atoms with Gasteiger partial charge in [0.25, 0.3) is 0 Å². The Morgan fingerprint density at radius 2 is 2.00 bits per heavy atom. The van der Waals surface area contributed by atoms with Crippen LogP contribution in [0.25, 0.3) is 0 Å². The van der Waals surface area contributed by atoms with Gasteiger partial charge in [-0.2, -0.15) is 0 Å². The predicted octanol–water partition coefficient (Wildman–Crippen LogP) is 3.40. The Hall–Kier alpha value is -2.33. The molecular formula is C20H23NO3. The van der Waals surface area contributed by atoms with Crippen molar-refractivity contribution in [2.75, 3.05) is 7.11 Å². The Kier molecular flexibility index (Phi) is 4.58. The average molecular weight is 325 g/mol. The van der Waals surface area contributed by atoms with Crippen molar-refractivity contribution in [3.63, 3.8) is 0 Å². The second kappa shape index (κ2) is 6.65. The van der Waals surface area contributed by atoms with Crippen LogP contribution in [0.4, 0.5) is 0 Å². The Balaban J connectivity index is 1.73. The van der Waals surface area contributed by atoms with E-state index >= 15 is 0 Å². The molecule has 0 amide bonds. The van der Waals surface area contributed by atoms with Gasteiger partial charge in [0.1, 0.15) is 17.4 Å². The van der Waals surface area contributed by atoms with E-state index in [1.165, 1.54) is 12.7 Å². The fourth-order valence-electron chi connectivity index (χ4n) is 3.09. The van der Waals surface area contributed by atoms with E-state index in [4.69, 9.17) is 9.47 Å². The van der Waals surface area contributed by atoms with Gasteiger partial charge in [0.05, 0.1) is 7.11 Å². The third kappa shape index (κ3) is 3.60. The number of ether oxygens (including phenoxy) is 2. The van der Waals surface area contributed by atoms with Crippen LogP contribution in [-0.2, 0) is 22.5 Å². The van der Waals surface area contributed by atoms with Gasteiger partial charge in [0.15, 0.2) is 0 Å². The van der Waals surface area contributed by atoms with Crippen molar-refractivity contribution in [2.24, 2.45) is 0 Å². The van der Waals surface area contributed by atoms with E-state index in [0.29, 0.717) is 6.54 Å². The lowest BCUT2D eigenvalue weighted by molar-refractivity contribution is -0.143. The lowest BCUT2D eigenvalue weighted by Crippen LogP contribution is -2.29. The van der Waals surface area contributed by atoms with Crippen molar-refractivity contribution < 1.29 is 14.3 Å².